The number of hydrogen-bond donors (Lipinski definition) is 0. The molecule has 0 bridgehead atoms. The van der Waals surface area contributed by atoms with E-state index in [4.69, 9.17) is 0 Å². The van der Waals surface area contributed by atoms with Crippen molar-refractivity contribution in [2.24, 2.45) is 0 Å². The van der Waals surface area contributed by atoms with Crippen molar-refractivity contribution < 1.29 is 9.59 Å². The Hall–Kier alpha value is -3.18. The van der Waals surface area contributed by atoms with E-state index in [1.54, 1.807) is 0 Å². The van der Waals surface area contributed by atoms with Crippen LogP contribution in [0.1, 0.15) is 16.0 Å². The Kier molecular flexibility index (Phi) is 4.10. The first-order valence-electron chi connectivity index (χ1n) is 9.28. The number of nitrogens with zero attached hydrogens (tertiary/aromatic N) is 2. The molecule has 0 unspecified atom stereocenters. The maximum Gasteiger partial charge on any atom is 0.278 e. The summed E-state index contributed by atoms with van der Waals surface area (Å²) < 4.78 is 0. The number of carbonyl (C=O) groups is 2. The van der Waals surface area contributed by atoms with Gasteiger partial charge in [-0.1, -0.05) is 54.6 Å². The number of imide groups is 1. The Labute approximate surface area is 167 Å². The summed E-state index contributed by atoms with van der Waals surface area (Å²) in [6.07, 6.45) is 0.873. The summed E-state index contributed by atoms with van der Waals surface area (Å²) >= 11 is 1.49. The Morgan fingerprint density at radius 3 is 2.43 bits per heavy atom. The van der Waals surface area contributed by atoms with Crippen molar-refractivity contribution in [1.29, 1.82) is 0 Å². The van der Waals surface area contributed by atoms with E-state index in [0.29, 0.717) is 17.8 Å². The fourth-order valence-electron chi connectivity index (χ4n) is 3.94. The van der Waals surface area contributed by atoms with Gasteiger partial charge in [0, 0.05) is 17.1 Å². The number of para-hydroxylation sites is 1. The Bertz CT molecular complexity index is 1090. The first kappa shape index (κ1) is 17.0. The number of carbonyl (C=O) groups excluding carboxylic acids is 2. The standard InChI is InChI=1S/C23H18N2O2S/c26-22-20(19-11-6-14-28-19)21(24-13-12-17-9-4-5-10-18(17)24)23(27)25(22)15-16-7-2-1-3-8-16/h1-11,14H,12-13,15H2. The molecule has 0 radical (unpaired) electrons. The lowest BCUT2D eigenvalue weighted by Crippen LogP contribution is -2.34. The quantitative estimate of drug-likeness (QED) is 0.634. The molecule has 4 nitrogen and oxygen atoms in total. The molecule has 3 aromatic rings. The summed E-state index contributed by atoms with van der Waals surface area (Å²) in [6.45, 7) is 0.994. The molecule has 0 fully saturated rings. The van der Waals surface area contributed by atoms with Gasteiger partial charge in [0.25, 0.3) is 11.8 Å². The number of benzene rings is 2. The average Bonchev–Trinajstić information content (AvgIpc) is 3.44. The number of fused-ring (bicyclic) bond motifs is 1. The van der Waals surface area contributed by atoms with E-state index in [1.165, 1.54) is 21.8 Å². The van der Waals surface area contributed by atoms with Crippen molar-refractivity contribution in [2.75, 3.05) is 11.4 Å². The lowest BCUT2D eigenvalue weighted by atomic mass is 10.1. The van der Waals surface area contributed by atoms with Gasteiger partial charge in [-0.2, -0.15) is 0 Å². The molecule has 2 aliphatic rings. The zero-order chi connectivity index (χ0) is 19.1. The number of amides is 2. The molecule has 2 amide bonds. The predicted molar refractivity (Wildman–Crippen MR) is 111 cm³/mol. The second kappa shape index (κ2) is 6.77. The Balaban J connectivity index is 1.60. The van der Waals surface area contributed by atoms with Crippen LogP contribution >= 0.6 is 11.3 Å². The molecule has 0 spiro atoms. The molecule has 3 heterocycles. The predicted octanol–water partition coefficient (Wildman–Crippen LogP) is 4.09. The van der Waals surface area contributed by atoms with Crippen molar-refractivity contribution in [3.63, 3.8) is 0 Å². The van der Waals surface area contributed by atoms with E-state index in [0.717, 1.165) is 22.5 Å². The highest BCUT2D eigenvalue weighted by molar-refractivity contribution is 7.11. The van der Waals surface area contributed by atoms with Gasteiger partial charge in [-0.25, -0.2) is 0 Å². The highest BCUT2D eigenvalue weighted by Gasteiger charge is 2.43. The van der Waals surface area contributed by atoms with Gasteiger partial charge in [0.15, 0.2) is 0 Å². The van der Waals surface area contributed by atoms with Gasteiger partial charge in [-0.15, -0.1) is 11.3 Å². The van der Waals surface area contributed by atoms with Crippen LogP contribution in [0.15, 0.2) is 77.8 Å². The fraction of sp³-hybridized carbons (Fsp3) is 0.130. The van der Waals surface area contributed by atoms with E-state index in [9.17, 15) is 9.59 Å². The smallest absolute Gasteiger partial charge is 0.278 e. The molecule has 0 saturated carbocycles. The highest BCUT2D eigenvalue weighted by atomic mass is 32.1. The van der Waals surface area contributed by atoms with E-state index in [2.05, 4.69) is 6.07 Å². The van der Waals surface area contributed by atoms with Crippen LogP contribution in [-0.2, 0) is 22.6 Å². The summed E-state index contributed by atoms with van der Waals surface area (Å²) in [4.78, 5) is 31.0. The summed E-state index contributed by atoms with van der Waals surface area (Å²) in [6, 6.07) is 21.6. The second-order valence-electron chi connectivity index (χ2n) is 6.91. The average molecular weight is 386 g/mol. The SMILES string of the molecule is O=C1C(c2cccs2)=C(N2CCc3ccccc32)C(=O)N1Cc1ccccc1. The van der Waals surface area contributed by atoms with Crippen LogP contribution in [0, 0.1) is 0 Å². The minimum Gasteiger partial charge on any atom is -0.336 e. The van der Waals surface area contributed by atoms with Crippen LogP contribution in [0.4, 0.5) is 5.69 Å². The third-order valence-electron chi connectivity index (χ3n) is 5.25. The zero-order valence-electron chi connectivity index (χ0n) is 15.2. The summed E-state index contributed by atoms with van der Waals surface area (Å²) in [5.74, 6) is -0.426. The summed E-state index contributed by atoms with van der Waals surface area (Å²) in [7, 11) is 0. The molecule has 0 saturated heterocycles. The molecule has 2 aliphatic heterocycles. The second-order valence-corrected chi connectivity index (χ2v) is 7.86. The zero-order valence-corrected chi connectivity index (χ0v) is 16.0. The summed E-state index contributed by atoms with van der Waals surface area (Å²) in [5, 5.41) is 1.94. The number of rotatable bonds is 4. The Morgan fingerprint density at radius 2 is 1.64 bits per heavy atom. The van der Waals surface area contributed by atoms with E-state index >= 15 is 0 Å². The molecule has 0 aliphatic carbocycles. The third kappa shape index (κ3) is 2.67. The van der Waals surface area contributed by atoms with Gasteiger partial charge in [0.05, 0.1) is 12.1 Å². The van der Waals surface area contributed by atoms with Gasteiger partial charge in [0.2, 0.25) is 0 Å². The first-order chi connectivity index (χ1) is 13.7. The molecule has 138 valence electrons. The minimum atomic E-state index is -0.214. The Morgan fingerprint density at radius 1 is 0.857 bits per heavy atom. The van der Waals surface area contributed by atoms with Crippen LogP contribution in [0.25, 0.3) is 5.57 Å². The fourth-order valence-corrected chi connectivity index (χ4v) is 4.70. The molecule has 2 aromatic carbocycles. The monoisotopic (exact) mass is 386 g/mol. The molecule has 5 rings (SSSR count). The van der Waals surface area contributed by atoms with Gasteiger partial charge in [0.1, 0.15) is 5.70 Å². The maximum absolute atomic E-state index is 13.4. The molecule has 0 atom stereocenters. The molecule has 5 heteroatoms. The van der Waals surface area contributed by atoms with Crippen LogP contribution in [-0.4, -0.2) is 23.3 Å². The first-order valence-corrected chi connectivity index (χ1v) is 10.2. The lowest BCUT2D eigenvalue weighted by molar-refractivity contribution is -0.137. The van der Waals surface area contributed by atoms with Crippen LogP contribution in [0.5, 0.6) is 0 Å². The van der Waals surface area contributed by atoms with Crippen LogP contribution < -0.4 is 4.90 Å². The van der Waals surface area contributed by atoms with Gasteiger partial charge < -0.3 is 4.90 Å². The van der Waals surface area contributed by atoms with Gasteiger partial charge in [-0.3, -0.25) is 14.5 Å². The van der Waals surface area contributed by atoms with Crippen molar-refractivity contribution >= 4 is 34.4 Å². The highest BCUT2D eigenvalue weighted by Crippen LogP contribution is 2.39. The lowest BCUT2D eigenvalue weighted by Gasteiger charge is -2.21. The van der Waals surface area contributed by atoms with E-state index in [1.807, 2.05) is 70.9 Å². The molecule has 1 aromatic heterocycles. The van der Waals surface area contributed by atoms with Crippen molar-refractivity contribution in [2.45, 2.75) is 13.0 Å². The number of thiophene rings is 1. The molecule has 28 heavy (non-hydrogen) atoms. The van der Waals surface area contributed by atoms with Crippen molar-refractivity contribution in [3.8, 4) is 0 Å². The molecule has 0 N–H and O–H groups in total. The van der Waals surface area contributed by atoms with E-state index in [-0.39, 0.29) is 18.4 Å². The van der Waals surface area contributed by atoms with E-state index < -0.39 is 0 Å². The number of anilines is 1. The summed E-state index contributed by atoms with van der Waals surface area (Å²) in [5.41, 5.74) is 4.20. The van der Waals surface area contributed by atoms with Gasteiger partial charge >= 0.3 is 0 Å². The molecular weight excluding hydrogens is 368 g/mol. The van der Waals surface area contributed by atoms with Crippen molar-refractivity contribution in [1.82, 2.24) is 4.90 Å². The minimum absolute atomic E-state index is 0.212. The third-order valence-corrected chi connectivity index (χ3v) is 6.14. The number of hydrogen-bond acceptors (Lipinski definition) is 4. The molecular formula is C23H18N2O2S. The topological polar surface area (TPSA) is 40.6 Å². The van der Waals surface area contributed by atoms with Crippen molar-refractivity contribution in [3.05, 3.63) is 93.8 Å². The normalized spacial score (nSPS) is 16.3. The van der Waals surface area contributed by atoms with Gasteiger partial charge in [-0.05, 0) is 35.1 Å². The maximum atomic E-state index is 13.4. The largest absolute Gasteiger partial charge is 0.336 e. The van der Waals surface area contributed by atoms with Crippen LogP contribution in [0.3, 0.4) is 0 Å². The van der Waals surface area contributed by atoms with Crippen LogP contribution in [0.2, 0.25) is 0 Å².